The Bertz CT molecular complexity index is 1160. The molecule has 1 atom stereocenters. The van der Waals surface area contributed by atoms with Gasteiger partial charge < -0.3 is 25.5 Å². The maximum absolute atomic E-state index is 12.6. The summed E-state index contributed by atoms with van der Waals surface area (Å²) in [5.74, 6) is -1.45. The number of alkyl carbamates (subject to hydrolysis) is 1. The first kappa shape index (κ1) is 23.0. The molecule has 1 aliphatic rings. The molecule has 4 rings (SSSR count). The molecule has 1 heterocycles. The lowest BCUT2D eigenvalue weighted by molar-refractivity contribution is -0.139. The van der Waals surface area contributed by atoms with Crippen molar-refractivity contribution < 1.29 is 24.2 Å². The molecule has 34 heavy (non-hydrogen) atoms. The zero-order valence-corrected chi connectivity index (χ0v) is 18.7. The number of H-pyrrole nitrogens is 1. The van der Waals surface area contributed by atoms with Gasteiger partial charge in [-0.3, -0.25) is 9.59 Å². The summed E-state index contributed by atoms with van der Waals surface area (Å²) in [5, 5.41) is 14.2. The zero-order chi connectivity index (χ0) is 24.1. The summed E-state index contributed by atoms with van der Waals surface area (Å²) >= 11 is 0. The van der Waals surface area contributed by atoms with Crippen LogP contribution in [0.3, 0.4) is 0 Å². The van der Waals surface area contributed by atoms with Crippen LogP contribution in [0.2, 0.25) is 0 Å². The van der Waals surface area contributed by atoms with E-state index in [1.54, 1.807) is 6.20 Å². The second-order valence-electron chi connectivity index (χ2n) is 8.05. The van der Waals surface area contributed by atoms with Crippen LogP contribution in [0, 0.1) is 0 Å². The van der Waals surface area contributed by atoms with E-state index in [9.17, 15) is 19.5 Å². The number of nitrogens with one attached hydrogen (secondary N) is 3. The van der Waals surface area contributed by atoms with Gasteiger partial charge in [-0.05, 0) is 28.7 Å². The third kappa shape index (κ3) is 5.09. The number of ether oxygens (including phenoxy) is 1. The number of fused-ring (bicyclic) bond motifs is 3. The molecule has 9 nitrogen and oxygen atoms in total. The number of aryl methyl sites for hydroxylation is 1. The number of nitrogens with zero attached hydrogens (tertiary/aromatic N) is 1. The van der Waals surface area contributed by atoms with Crippen LogP contribution in [0.25, 0.3) is 11.1 Å². The summed E-state index contributed by atoms with van der Waals surface area (Å²) in [4.78, 5) is 43.5. The number of carboxylic acids is 1. The van der Waals surface area contributed by atoms with Gasteiger partial charge in [0.15, 0.2) is 0 Å². The molecule has 176 valence electrons. The monoisotopic (exact) mass is 462 g/mol. The van der Waals surface area contributed by atoms with E-state index in [2.05, 4.69) is 20.6 Å². The third-order valence-corrected chi connectivity index (χ3v) is 5.82. The highest BCUT2D eigenvalue weighted by molar-refractivity contribution is 5.89. The van der Waals surface area contributed by atoms with Crippen molar-refractivity contribution >= 4 is 18.0 Å². The molecule has 0 saturated carbocycles. The minimum absolute atomic E-state index is 0.0630. The van der Waals surface area contributed by atoms with Crippen molar-refractivity contribution in [2.24, 2.45) is 0 Å². The number of carbonyl (C=O) groups excluding carboxylic acids is 2. The minimum Gasteiger partial charge on any atom is -0.481 e. The number of hydrogen-bond acceptors (Lipinski definition) is 5. The van der Waals surface area contributed by atoms with E-state index in [4.69, 9.17) is 4.74 Å². The van der Waals surface area contributed by atoms with Crippen molar-refractivity contribution in [1.82, 2.24) is 20.6 Å². The molecule has 1 aliphatic carbocycles. The van der Waals surface area contributed by atoms with E-state index in [1.165, 1.54) is 0 Å². The number of aromatic amines is 1. The molecule has 1 unspecified atom stereocenters. The van der Waals surface area contributed by atoms with Crippen LogP contribution >= 0.6 is 0 Å². The zero-order valence-electron chi connectivity index (χ0n) is 18.7. The molecule has 9 heteroatoms. The highest BCUT2D eigenvalue weighted by atomic mass is 16.5. The molecule has 3 aromatic rings. The number of hydrogen-bond donors (Lipinski definition) is 4. The smallest absolute Gasteiger partial charge is 0.407 e. The van der Waals surface area contributed by atoms with E-state index in [-0.39, 0.29) is 19.1 Å². The Morgan fingerprint density at radius 2 is 1.74 bits per heavy atom. The van der Waals surface area contributed by atoms with Crippen LogP contribution in [-0.4, -0.2) is 45.7 Å². The van der Waals surface area contributed by atoms with Crippen molar-refractivity contribution in [3.05, 3.63) is 77.4 Å². The van der Waals surface area contributed by atoms with Crippen LogP contribution in [-0.2, 0) is 27.3 Å². The summed E-state index contributed by atoms with van der Waals surface area (Å²) in [6.07, 6.45) is 1.01. The quantitative estimate of drug-likeness (QED) is 0.386. The summed E-state index contributed by atoms with van der Waals surface area (Å²) in [6, 6.07) is 14.6. The molecule has 0 aliphatic heterocycles. The first-order valence-corrected chi connectivity index (χ1v) is 11.1. The van der Waals surface area contributed by atoms with Gasteiger partial charge in [0.05, 0.1) is 13.0 Å². The fourth-order valence-electron chi connectivity index (χ4n) is 4.14. The molecular formula is C25H26N4O5. The van der Waals surface area contributed by atoms with E-state index >= 15 is 0 Å². The molecule has 0 radical (unpaired) electrons. The number of carbonyl (C=O) groups is 3. The standard InChI is InChI=1S/C25H26N4O5/c1-2-15-12-26-22(28-15)13-27-24(32)21(11-23(30)31)29-25(33)34-14-20-18-9-5-3-7-16(18)17-8-4-6-10-19(17)20/h3-10,12,20-21H,2,11,13-14H2,1H3,(H,26,28)(H,27,32)(H,29,33)(H,30,31). The lowest BCUT2D eigenvalue weighted by atomic mass is 9.98. The average Bonchev–Trinajstić information content (AvgIpc) is 3.43. The van der Waals surface area contributed by atoms with Crippen molar-refractivity contribution in [3.63, 3.8) is 0 Å². The highest BCUT2D eigenvalue weighted by Gasteiger charge is 2.30. The van der Waals surface area contributed by atoms with Crippen LogP contribution in [0.5, 0.6) is 0 Å². The molecule has 1 aromatic heterocycles. The fourth-order valence-corrected chi connectivity index (χ4v) is 4.14. The number of rotatable bonds is 9. The summed E-state index contributed by atoms with van der Waals surface area (Å²) in [6.45, 7) is 2.12. The molecule has 0 spiro atoms. The maximum atomic E-state index is 12.6. The molecule has 0 bridgehead atoms. The largest absolute Gasteiger partial charge is 0.481 e. The SMILES string of the molecule is CCc1cnc(CNC(=O)C(CC(=O)O)NC(=O)OCC2c3ccccc3-c3ccccc32)[nH]1. The number of imidazole rings is 1. The minimum atomic E-state index is -1.28. The molecule has 4 N–H and O–H groups in total. The fraction of sp³-hybridized carbons (Fsp3) is 0.280. The van der Waals surface area contributed by atoms with Crippen LogP contribution in [0.15, 0.2) is 54.7 Å². The first-order chi connectivity index (χ1) is 16.5. The number of aromatic nitrogens is 2. The summed E-state index contributed by atoms with van der Waals surface area (Å²) in [7, 11) is 0. The van der Waals surface area contributed by atoms with Gasteiger partial charge in [-0.1, -0.05) is 55.5 Å². The second-order valence-corrected chi connectivity index (χ2v) is 8.05. The van der Waals surface area contributed by atoms with E-state index in [0.717, 1.165) is 34.4 Å². The number of carboxylic acid groups (broad SMARTS) is 1. The molecule has 0 fully saturated rings. The van der Waals surface area contributed by atoms with Gasteiger partial charge in [0, 0.05) is 17.8 Å². The third-order valence-electron chi connectivity index (χ3n) is 5.82. The second kappa shape index (κ2) is 10.2. The van der Waals surface area contributed by atoms with Gasteiger partial charge in [0.2, 0.25) is 5.91 Å². The van der Waals surface area contributed by atoms with Gasteiger partial charge in [0.1, 0.15) is 18.5 Å². The Hall–Kier alpha value is -4.14. The molecule has 2 amide bonds. The molecule has 0 saturated heterocycles. The number of benzene rings is 2. The van der Waals surface area contributed by atoms with E-state index < -0.39 is 30.4 Å². The van der Waals surface area contributed by atoms with E-state index in [0.29, 0.717) is 5.82 Å². The Morgan fingerprint density at radius 3 is 2.32 bits per heavy atom. The predicted molar refractivity (Wildman–Crippen MR) is 124 cm³/mol. The van der Waals surface area contributed by atoms with Crippen molar-refractivity contribution in [1.29, 1.82) is 0 Å². The van der Waals surface area contributed by atoms with Crippen molar-refractivity contribution in [2.45, 2.75) is 38.3 Å². The first-order valence-electron chi connectivity index (χ1n) is 11.1. The topological polar surface area (TPSA) is 133 Å². The van der Waals surface area contributed by atoms with Crippen molar-refractivity contribution in [3.8, 4) is 11.1 Å². The molecular weight excluding hydrogens is 436 g/mol. The Labute approximate surface area is 196 Å². The normalized spacial score (nSPS) is 13.0. The number of amides is 2. The lowest BCUT2D eigenvalue weighted by Crippen LogP contribution is -2.48. The van der Waals surface area contributed by atoms with Crippen LogP contribution in [0.1, 0.15) is 41.9 Å². The maximum Gasteiger partial charge on any atom is 0.407 e. The van der Waals surface area contributed by atoms with Gasteiger partial charge in [0.25, 0.3) is 0 Å². The van der Waals surface area contributed by atoms with Crippen LogP contribution < -0.4 is 10.6 Å². The summed E-state index contributed by atoms with van der Waals surface area (Å²) in [5.41, 5.74) is 5.23. The highest BCUT2D eigenvalue weighted by Crippen LogP contribution is 2.44. The number of aliphatic carboxylic acids is 1. The average molecular weight is 463 g/mol. The predicted octanol–water partition coefficient (Wildman–Crippen LogP) is 2.97. The molecule has 2 aromatic carbocycles. The van der Waals surface area contributed by atoms with Gasteiger partial charge in [-0.15, -0.1) is 0 Å². The Kier molecular flexibility index (Phi) is 6.91. The van der Waals surface area contributed by atoms with Crippen molar-refractivity contribution in [2.75, 3.05) is 6.61 Å². The van der Waals surface area contributed by atoms with E-state index in [1.807, 2.05) is 55.5 Å². The Morgan fingerprint density at radius 1 is 1.09 bits per heavy atom. The lowest BCUT2D eigenvalue weighted by Gasteiger charge is -2.18. The van der Waals surface area contributed by atoms with Crippen LogP contribution in [0.4, 0.5) is 4.79 Å². The summed E-state index contributed by atoms with van der Waals surface area (Å²) < 4.78 is 5.44. The van der Waals surface area contributed by atoms with Gasteiger partial charge in [-0.2, -0.15) is 0 Å². The van der Waals surface area contributed by atoms with Gasteiger partial charge >= 0.3 is 12.1 Å². The Balaban J connectivity index is 1.37. The van der Waals surface area contributed by atoms with Gasteiger partial charge in [-0.25, -0.2) is 9.78 Å².